The molecule has 2 bridgehead atoms. The monoisotopic (exact) mass is 1820 g/mol. The van der Waals surface area contributed by atoms with Gasteiger partial charge in [-0.25, -0.2) is 44.1 Å². The molecule has 1 saturated carbocycles. The Labute approximate surface area is 763 Å². The van der Waals surface area contributed by atoms with Crippen molar-refractivity contribution in [2.75, 3.05) is 141 Å². The maximum atomic E-state index is 14.9. The normalized spacial score (nSPS) is 26.7. The number of benzene rings is 1. The number of hydrogen-bond donors (Lipinski definition) is 6. The number of amides is 3. The van der Waals surface area contributed by atoms with E-state index in [4.69, 9.17) is 73.6 Å². The molecule has 4 fully saturated rings. The number of nitrogen functional groups attached to an aromatic ring is 2. The number of esters is 1. The van der Waals surface area contributed by atoms with Crippen LogP contribution in [0.4, 0.5) is 23.7 Å². The third-order valence-electron chi connectivity index (χ3n) is 25.5. The van der Waals surface area contributed by atoms with Gasteiger partial charge in [-0.3, -0.25) is 28.8 Å². The summed E-state index contributed by atoms with van der Waals surface area (Å²) < 4.78 is 62.0. The minimum atomic E-state index is -2.48. The molecule has 38 heteroatoms. The molecule has 38 nitrogen and oxygen atoms in total. The van der Waals surface area contributed by atoms with E-state index in [2.05, 4.69) is 50.8 Å². The van der Waals surface area contributed by atoms with Crippen molar-refractivity contribution in [3.05, 3.63) is 109 Å². The van der Waals surface area contributed by atoms with Gasteiger partial charge in [0.2, 0.25) is 23.6 Å². The number of methoxy groups -OCH3 is 3. The number of piperazine rings is 1. The molecule has 1 aromatic carbocycles. The Morgan fingerprint density at radius 3 is 2.13 bits per heavy atom. The Bertz CT molecular complexity index is 5090. The Hall–Kier alpha value is -10.8. The van der Waals surface area contributed by atoms with E-state index in [1.165, 1.54) is 30.7 Å². The van der Waals surface area contributed by atoms with Gasteiger partial charge in [0.05, 0.1) is 94.4 Å². The van der Waals surface area contributed by atoms with E-state index in [-0.39, 0.29) is 105 Å². The lowest BCUT2D eigenvalue weighted by Crippen LogP contribution is -2.61. The van der Waals surface area contributed by atoms with E-state index in [9.17, 15) is 43.8 Å². The van der Waals surface area contributed by atoms with Crippen LogP contribution in [0.1, 0.15) is 161 Å². The standard InChI is InChI=1S/C93H129N19O19/c1-57-18-12-11-13-19-58(2)75(122-8)49-68-24-21-63(7)93(121,131-68)84(117)88(119)110-30-16-14-20-72(110)89(120)129-76(50-73(113)59(3)45-62(6)82(116)83(124-10)81(115)61(5)44-57)60(4)46-64-22-25-71(77(47-64)123-9)112-55-70(105-107-112)66-51-98-91(99-52-66)108-32-34-109(35-33-108)92-100-53-67(54-101-92)87(118)97-29-37-126-39-41-128-43-42-127-40-38-125-36-27-78(114)96-28-15-17-31-111-86-79(85(94)102-56-103-86)80(106-111)65-23-26-74-69(48-65)104-90(95)130-74/h11-13,18-19,23,26,45,48,51-57,59-61,63-64,68,71-72,75-77,82-83,116,121H,14-17,20-22,24-25,27-44,46-47,49-50H2,1-10H3,(H2,95,104)(H,96,114)(H,97,118)(H2,94,102,103)/b13-11+,18-12+,58-19+,62-45+/t57-,59-,60-,61-,63-,64+,68+,71+,72+,75+,76+,77-,82-,83+,93-/m1/s1. The molecular formula is C93H129N19O19. The predicted molar refractivity (Wildman–Crippen MR) is 485 cm³/mol. The summed E-state index contributed by atoms with van der Waals surface area (Å²) >= 11 is 0. The number of cyclic esters (lactones) is 1. The number of unbranched alkanes of at least 4 members (excludes halogenated alkanes) is 1. The van der Waals surface area contributed by atoms with Gasteiger partial charge in [0.1, 0.15) is 59.2 Å². The number of Topliss-reactive ketones (excluding diaryl/α,β-unsaturated/α-hetero) is 3. The zero-order valence-electron chi connectivity index (χ0n) is 76.9. The Morgan fingerprint density at radius 2 is 1.43 bits per heavy atom. The number of anilines is 4. The fraction of sp³-hybridized carbons (Fsp3) is 0.602. The van der Waals surface area contributed by atoms with Crippen LogP contribution < -0.4 is 31.9 Å². The van der Waals surface area contributed by atoms with Crippen LogP contribution in [0.3, 0.4) is 0 Å². The number of oxazole rings is 1. The molecule has 12 rings (SSSR count). The molecule has 3 saturated heterocycles. The van der Waals surface area contributed by atoms with Crippen LogP contribution in [0.5, 0.6) is 0 Å². The Kier molecular flexibility index (Phi) is 36.4. The highest BCUT2D eigenvalue weighted by Crippen LogP contribution is 2.41. The molecule has 7 aromatic rings. The second-order valence-corrected chi connectivity index (χ2v) is 35.0. The number of aliphatic hydroxyl groups is 2. The molecule has 0 unspecified atom stereocenters. The van der Waals surface area contributed by atoms with Crippen molar-refractivity contribution in [3.63, 3.8) is 0 Å². The Balaban J connectivity index is 0.546. The molecule has 10 heterocycles. The smallest absolute Gasteiger partial charge is 0.329 e. The topological polar surface area (TPSA) is 481 Å². The van der Waals surface area contributed by atoms with Crippen molar-refractivity contribution in [3.8, 4) is 22.5 Å². The first-order valence-electron chi connectivity index (χ1n) is 45.8. The second kappa shape index (κ2) is 48.0. The second-order valence-electron chi connectivity index (χ2n) is 35.0. The summed E-state index contributed by atoms with van der Waals surface area (Å²) in [5.41, 5.74) is 18.0. The average Bonchev–Trinajstić information content (AvgIpc) is 1.71. The van der Waals surface area contributed by atoms with E-state index in [1.54, 1.807) is 64.2 Å². The van der Waals surface area contributed by atoms with E-state index >= 15 is 0 Å². The maximum absolute atomic E-state index is 14.9. The van der Waals surface area contributed by atoms with E-state index in [0.29, 0.717) is 205 Å². The van der Waals surface area contributed by atoms with Gasteiger partial charge in [0.25, 0.3) is 23.6 Å². The molecule has 4 aliphatic heterocycles. The van der Waals surface area contributed by atoms with Gasteiger partial charge in [-0.2, -0.15) is 10.1 Å². The van der Waals surface area contributed by atoms with Crippen molar-refractivity contribution in [1.82, 2.24) is 75.2 Å². The van der Waals surface area contributed by atoms with Crippen molar-refractivity contribution in [1.29, 1.82) is 0 Å². The number of ketones is 3. The number of aliphatic hydroxyl groups excluding tert-OH is 1. The number of hydrogen-bond acceptors (Lipinski definition) is 33. The number of nitrogens with one attached hydrogen (secondary N) is 2. The zero-order chi connectivity index (χ0) is 93.3. The molecule has 6 aromatic heterocycles. The maximum Gasteiger partial charge on any atom is 0.329 e. The zero-order valence-corrected chi connectivity index (χ0v) is 76.9. The number of piperidine rings is 1. The van der Waals surface area contributed by atoms with Crippen molar-refractivity contribution in [2.24, 2.45) is 35.5 Å². The number of allylic oxidation sites excluding steroid dienone is 6. The molecular weight excluding hydrogens is 1690 g/mol. The van der Waals surface area contributed by atoms with Crippen LogP contribution in [0.15, 0.2) is 108 Å². The fourth-order valence-corrected chi connectivity index (χ4v) is 17.8. The van der Waals surface area contributed by atoms with Crippen LogP contribution >= 0.6 is 0 Å². The number of carbonyl (C=O) groups is 7. The largest absolute Gasteiger partial charge is 0.460 e. The van der Waals surface area contributed by atoms with Crippen molar-refractivity contribution in [2.45, 2.75) is 206 Å². The number of aromatic nitrogens is 12. The highest BCUT2D eigenvalue weighted by molar-refractivity contribution is 6.39. The van der Waals surface area contributed by atoms with Crippen LogP contribution in [0.25, 0.3) is 44.6 Å². The summed E-state index contributed by atoms with van der Waals surface area (Å²) in [7, 11) is 4.61. The number of nitrogens with two attached hydrogens (primary N) is 2. The van der Waals surface area contributed by atoms with E-state index in [0.717, 1.165) is 24.0 Å². The molecule has 0 spiro atoms. The van der Waals surface area contributed by atoms with E-state index < -0.39 is 83.7 Å². The quantitative estimate of drug-likeness (QED) is 0.0100. The van der Waals surface area contributed by atoms with E-state index in [1.807, 2.05) is 86.0 Å². The molecule has 0 radical (unpaired) electrons. The SMILES string of the molecule is CO[C@H]1C[C@@H]2CC[C@@H](C)[C@@](O)(O2)C(=O)C(=O)N2CCCC[C@H]2C(=O)O[C@H]([C@H](C)C[C@@H]2CC[C@H](n3cc(-c4cnc(N5CCN(c6ncc(C(=O)NCCOCCOCCOCCOCCC(=O)NCCCCn7nc(-c8ccc9oc(N)nc9c8)c8c(N)ncnc87)cn6)CC5)nc4)nn3)[C@H](OC)C2)CC(=O)[C@H](C)/C=C(\C)[C@@H](O)[C@@H](OC)C(=O)[C@H](C)C[C@H](C)/C=C/C=C/C=C/1C. The van der Waals surface area contributed by atoms with Gasteiger partial charge < -0.3 is 94.1 Å². The van der Waals surface area contributed by atoms with Gasteiger partial charge in [0.15, 0.2) is 17.0 Å². The van der Waals surface area contributed by atoms with Crippen LogP contribution in [0.2, 0.25) is 0 Å². The summed E-state index contributed by atoms with van der Waals surface area (Å²) in [5, 5.41) is 44.3. The van der Waals surface area contributed by atoms with Crippen molar-refractivity contribution < 1.29 is 90.8 Å². The lowest BCUT2D eigenvalue weighted by molar-refractivity contribution is -0.265. The summed E-state index contributed by atoms with van der Waals surface area (Å²) in [6, 6.07) is 4.16. The highest BCUT2D eigenvalue weighted by atomic mass is 16.6. The first-order valence-corrected chi connectivity index (χ1v) is 45.8. The van der Waals surface area contributed by atoms with Crippen LogP contribution in [0, 0.1) is 35.5 Å². The van der Waals surface area contributed by atoms with Gasteiger partial charge >= 0.3 is 5.97 Å². The van der Waals surface area contributed by atoms with Gasteiger partial charge in [0, 0.05) is 147 Å². The third kappa shape index (κ3) is 26.4. The molecule has 1 aliphatic carbocycles. The van der Waals surface area contributed by atoms with Crippen LogP contribution in [-0.2, 0) is 77.9 Å². The third-order valence-corrected chi connectivity index (χ3v) is 25.5. The average molecular weight is 1820 g/mol. The summed E-state index contributed by atoms with van der Waals surface area (Å²) in [5.74, 6) is -7.56. The van der Waals surface area contributed by atoms with Crippen molar-refractivity contribution >= 4 is 86.9 Å². The first kappa shape index (κ1) is 99.2. The summed E-state index contributed by atoms with van der Waals surface area (Å²) in [6.07, 6.45) is 22.7. The molecule has 131 heavy (non-hydrogen) atoms. The van der Waals surface area contributed by atoms with Gasteiger partial charge in [-0.1, -0.05) is 76.3 Å². The molecule has 5 aliphatic rings. The van der Waals surface area contributed by atoms with Gasteiger partial charge in [-0.15, -0.1) is 5.10 Å². The molecule has 710 valence electrons. The number of fused-ring (bicyclic) bond motifs is 5. The minimum absolute atomic E-state index is 0.0179. The number of nitrogens with zero attached hydrogens (tertiary/aromatic N) is 15. The Morgan fingerprint density at radius 1 is 0.725 bits per heavy atom. The van der Waals surface area contributed by atoms with Gasteiger partial charge in [-0.05, 0) is 138 Å². The number of carbonyl (C=O) groups excluding carboxylic acids is 7. The highest BCUT2D eigenvalue weighted by Gasteiger charge is 2.53. The summed E-state index contributed by atoms with van der Waals surface area (Å²) in [4.78, 5) is 135. The van der Waals surface area contributed by atoms with Crippen LogP contribution in [-0.4, -0.2) is 284 Å². The predicted octanol–water partition coefficient (Wildman–Crippen LogP) is 8.12. The fourth-order valence-electron chi connectivity index (χ4n) is 17.8. The number of ether oxygens (including phenoxy) is 9. The summed E-state index contributed by atoms with van der Waals surface area (Å²) in [6.45, 7) is 19.0. The molecule has 8 N–H and O–H groups in total. The lowest BCUT2D eigenvalue weighted by Gasteiger charge is -2.42. The first-order chi connectivity index (χ1) is 63.2. The number of aryl methyl sites for hydroxylation is 1. The number of rotatable bonds is 32. The lowest BCUT2D eigenvalue weighted by atomic mass is 9.77. The molecule has 3 amide bonds. The molecule has 15 atom stereocenters. The minimum Gasteiger partial charge on any atom is -0.460 e.